The Balaban J connectivity index is 1.81. The minimum atomic E-state index is -3.52. The maximum absolute atomic E-state index is 13.6. The molecule has 0 atom stereocenters. The molecule has 0 unspecified atom stereocenters. The monoisotopic (exact) mass is 328 g/mol. The molecule has 0 bridgehead atoms. The van der Waals surface area contributed by atoms with Gasteiger partial charge in [-0.15, -0.1) is 0 Å². The van der Waals surface area contributed by atoms with Gasteiger partial charge in [0.2, 0.25) is 10.0 Å². The second-order valence-electron chi connectivity index (χ2n) is 6.18. The van der Waals surface area contributed by atoms with Gasteiger partial charge in [-0.3, -0.25) is 4.90 Å². The molecular weight excluding hydrogens is 307 g/mol. The number of ether oxygens (including phenoxy) is 1. The number of hydrogen-bond donors (Lipinski definition) is 0. The van der Waals surface area contributed by atoms with Crippen LogP contribution in [0.1, 0.15) is 12.5 Å². The first-order chi connectivity index (χ1) is 10.4. The first kappa shape index (κ1) is 15.9. The van der Waals surface area contributed by atoms with Crippen LogP contribution in [0.4, 0.5) is 4.39 Å². The summed E-state index contributed by atoms with van der Waals surface area (Å²) in [6, 6.07) is 6.99. The first-order valence-electron chi connectivity index (χ1n) is 7.46. The molecule has 0 N–H and O–H groups in total. The molecule has 2 saturated heterocycles. The Morgan fingerprint density at radius 3 is 2.50 bits per heavy atom. The highest BCUT2D eigenvalue weighted by molar-refractivity contribution is 7.89. The van der Waals surface area contributed by atoms with Crippen LogP contribution in [-0.2, 0) is 21.3 Å². The zero-order chi connectivity index (χ0) is 15.8. The molecule has 1 aromatic carbocycles. The largest absolute Gasteiger partial charge is 0.379 e. The summed E-state index contributed by atoms with van der Waals surface area (Å²) < 4.78 is 45.9. The molecule has 0 saturated carbocycles. The second kappa shape index (κ2) is 5.88. The number of hydrogen-bond acceptors (Lipinski definition) is 4. The number of alkyl halides is 1. The SMILES string of the molecule is CC1(F)CN(Cc2ccccc2S(=O)(=O)N2CCOCC2)C1. The highest BCUT2D eigenvalue weighted by Gasteiger charge is 2.39. The van der Waals surface area contributed by atoms with Gasteiger partial charge in [0, 0.05) is 32.7 Å². The average molecular weight is 328 g/mol. The van der Waals surface area contributed by atoms with Gasteiger partial charge in [-0.25, -0.2) is 12.8 Å². The smallest absolute Gasteiger partial charge is 0.243 e. The number of benzene rings is 1. The summed E-state index contributed by atoms with van der Waals surface area (Å²) in [5.74, 6) is 0. The average Bonchev–Trinajstić information content (AvgIpc) is 2.47. The molecule has 7 heteroatoms. The van der Waals surface area contributed by atoms with Crippen LogP contribution in [0.2, 0.25) is 0 Å². The molecule has 0 aromatic heterocycles. The van der Waals surface area contributed by atoms with Crippen molar-refractivity contribution in [2.24, 2.45) is 0 Å². The highest BCUT2D eigenvalue weighted by atomic mass is 32.2. The van der Waals surface area contributed by atoms with E-state index in [1.807, 2.05) is 11.0 Å². The number of likely N-dealkylation sites (tertiary alicyclic amines) is 1. The van der Waals surface area contributed by atoms with E-state index in [1.165, 1.54) is 4.31 Å². The molecule has 3 rings (SSSR count). The van der Waals surface area contributed by atoms with Gasteiger partial charge in [-0.1, -0.05) is 18.2 Å². The molecule has 0 aliphatic carbocycles. The third kappa shape index (κ3) is 3.17. The fourth-order valence-corrected chi connectivity index (χ4v) is 4.67. The van der Waals surface area contributed by atoms with Gasteiger partial charge >= 0.3 is 0 Å². The van der Waals surface area contributed by atoms with E-state index in [1.54, 1.807) is 25.1 Å². The summed E-state index contributed by atoms with van der Waals surface area (Å²) in [5, 5.41) is 0. The van der Waals surface area contributed by atoms with E-state index in [4.69, 9.17) is 4.74 Å². The van der Waals surface area contributed by atoms with E-state index in [0.29, 0.717) is 50.8 Å². The van der Waals surface area contributed by atoms with Crippen molar-refractivity contribution in [2.45, 2.75) is 24.0 Å². The molecule has 22 heavy (non-hydrogen) atoms. The van der Waals surface area contributed by atoms with Crippen molar-refractivity contribution in [1.29, 1.82) is 0 Å². The van der Waals surface area contributed by atoms with Crippen molar-refractivity contribution in [3.63, 3.8) is 0 Å². The predicted molar refractivity (Wildman–Crippen MR) is 80.8 cm³/mol. The number of rotatable bonds is 4. The molecule has 1 aromatic rings. The van der Waals surface area contributed by atoms with Crippen LogP contribution < -0.4 is 0 Å². The molecule has 2 fully saturated rings. The Kier molecular flexibility index (Phi) is 4.24. The fraction of sp³-hybridized carbons (Fsp3) is 0.600. The van der Waals surface area contributed by atoms with Crippen LogP contribution in [0.15, 0.2) is 29.2 Å². The van der Waals surface area contributed by atoms with Crippen molar-refractivity contribution >= 4 is 10.0 Å². The molecule has 5 nitrogen and oxygen atoms in total. The summed E-state index contributed by atoms with van der Waals surface area (Å²) in [6.45, 7) is 4.32. The van der Waals surface area contributed by atoms with Crippen LogP contribution in [0, 0.1) is 0 Å². The van der Waals surface area contributed by atoms with Crippen LogP contribution in [0.5, 0.6) is 0 Å². The lowest BCUT2D eigenvalue weighted by molar-refractivity contribution is -0.0230. The van der Waals surface area contributed by atoms with Crippen LogP contribution in [0.25, 0.3) is 0 Å². The molecule has 2 aliphatic rings. The lowest BCUT2D eigenvalue weighted by Crippen LogP contribution is -2.56. The number of sulfonamides is 1. The molecule has 0 spiro atoms. The fourth-order valence-electron chi connectivity index (χ4n) is 3.05. The van der Waals surface area contributed by atoms with E-state index in [2.05, 4.69) is 0 Å². The van der Waals surface area contributed by atoms with E-state index < -0.39 is 15.7 Å². The summed E-state index contributed by atoms with van der Waals surface area (Å²) in [7, 11) is -3.52. The molecule has 2 heterocycles. The molecule has 0 radical (unpaired) electrons. The maximum Gasteiger partial charge on any atom is 0.243 e. The number of nitrogens with zero attached hydrogens (tertiary/aromatic N) is 2. The normalized spacial score (nSPS) is 23.2. The molecule has 0 amide bonds. The van der Waals surface area contributed by atoms with Gasteiger partial charge in [0.25, 0.3) is 0 Å². The second-order valence-corrected chi connectivity index (χ2v) is 8.09. The van der Waals surface area contributed by atoms with Crippen molar-refractivity contribution in [3.8, 4) is 0 Å². The van der Waals surface area contributed by atoms with Crippen molar-refractivity contribution in [2.75, 3.05) is 39.4 Å². The van der Waals surface area contributed by atoms with Crippen LogP contribution >= 0.6 is 0 Å². The van der Waals surface area contributed by atoms with E-state index in [0.717, 1.165) is 5.56 Å². The predicted octanol–water partition coefficient (Wildman–Crippen LogP) is 1.25. The molecule has 2 aliphatic heterocycles. The maximum atomic E-state index is 13.6. The Morgan fingerprint density at radius 1 is 1.23 bits per heavy atom. The summed E-state index contributed by atoms with van der Waals surface area (Å²) >= 11 is 0. The molecule has 122 valence electrons. The standard InChI is InChI=1S/C15H21FN2O3S/c1-15(16)11-17(12-15)10-13-4-2-3-5-14(13)22(19,20)18-6-8-21-9-7-18/h2-5H,6-12H2,1H3. The summed E-state index contributed by atoms with van der Waals surface area (Å²) in [5.41, 5.74) is -0.428. The van der Waals surface area contributed by atoms with E-state index >= 15 is 0 Å². The van der Waals surface area contributed by atoms with Gasteiger partial charge in [-0.05, 0) is 18.6 Å². The zero-order valence-corrected chi connectivity index (χ0v) is 13.5. The summed E-state index contributed by atoms with van der Waals surface area (Å²) in [4.78, 5) is 2.25. The Morgan fingerprint density at radius 2 is 1.86 bits per heavy atom. The van der Waals surface area contributed by atoms with Gasteiger partial charge in [0.15, 0.2) is 0 Å². The van der Waals surface area contributed by atoms with Crippen molar-refractivity contribution in [1.82, 2.24) is 9.21 Å². The minimum Gasteiger partial charge on any atom is -0.379 e. The molecular formula is C15H21FN2O3S. The van der Waals surface area contributed by atoms with Gasteiger partial charge < -0.3 is 4.74 Å². The highest BCUT2D eigenvalue weighted by Crippen LogP contribution is 2.28. The van der Waals surface area contributed by atoms with Gasteiger partial charge in [0.05, 0.1) is 18.1 Å². The Bertz CT molecular complexity index is 634. The first-order valence-corrected chi connectivity index (χ1v) is 8.90. The third-order valence-electron chi connectivity index (χ3n) is 4.06. The van der Waals surface area contributed by atoms with Crippen LogP contribution in [-0.4, -0.2) is 62.7 Å². The topological polar surface area (TPSA) is 49.9 Å². The van der Waals surface area contributed by atoms with Crippen molar-refractivity contribution < 1.29 is 17.5 Å². The minimum absolute atomic E-state index is 0.323. The Labute approximate surface area is 130 Å². The number of morpholine rings is 1. The third-order valence-corrected chi connectivity index (χ3v) is 6.06. The zero-order valence-electron chi connectivity index (χ0n) is 12.7. The van der Waals surface area contributed by atoms with Crippen molar-refractivity contribution in [3.05, 3.63) is 29.8 Å². The quantitative estimate of drug-likeness (QED) is 0.835. The van der Waals surface area contributed by atoms with Gasteiger partial charge in [-0.2, -0.15) is 4.31 Å². The number of halogens is 1. The van der Waals surface area contributed by atoms with Gasteiger partial charge in [0.1, 0.15) is 5.67 Å². The van der Waals surface area contributed by atoms with E-state index in [-0.39, 0.29) is 0 Å². The van der Waals surface area contributed by atoms with Crippen LogP contribution in [0.3, 0.4) is 0 Å². The lowest BCUT2D eigenvalue weighted by atomic mass is 9.98. The summed E-state index contributed by atoms with van der Waals surface area (Å²) in [6.07, 6.45) is 0. The lowest BCUT2D eigenvalue weighted by Gasteiger charge is -2.42. The Hall–Kier alpha value is -1.02. The van der Waals surface area contributed by atoms with E-state index in [9.17, 15) is 12.8 Å².